The molecule has 6 heteroatoms. The van der Waals surface area contributed by atoms with Gasteiger partial charge in [-0.1, -0.05) is 67.9 Å². The van der Waals surface area contributed by atoms with Crippen molar-refractivity contribution in [2.75, 3.05) is 26.2 Å². The van der Waals surface area contributed by atoms with Gasteiger partial charge < -0.3 is 9.64 Å². The predicted octanol–water partition coefficient (Wildman–Crippen LogP) is 7.59. The summed E-state index contributed by atoms with van der Waals surface area (Å²) in [5.74, 6) is 2.55. The molecule has 1 aliphatic carbocycles. The number of fused-ring (bicyclic) bond motifs is 9. The number of ether oxygens (including phenoxy) is 1. The molecular weight excluding hydrogens is 544 g/mol. The van der Waals surface area contributed by atoms with Crippen LogP contribution in [0.1, 0.15) is 67.4 Å². The second-order valence-electron chi connectivity index (χ2n) is 13.8. The summed E-state index contributed by atoms with van der Waals surface area (Å²) in [6, 6.07) is 24.9. The highest BCUT2D eigenvalue weighted by atomic mass is 16.5. The molecular formula is C38H40N4O2. The zero-order valence-corrected chi connectivity index (χ0v) is 25.9. The molecule has 3 heterocycles. The number of piperazine rings is 1. The van der Waals surface area contributed by atoms with Crippen LogP contribution in [0.2, 0.25) is 0 Å². The van der Waals surface area contributed by atoms with Crippen molar-refractivity contribution in [3.63, 3.8) is 0 Å². The summed E-state index contributed by atoms with van der Waals surface area (Å²) in [5.41, 5.74) is 6.44. The molecule has 1 amide bonds. The van der Waals surface area contributed by atoms with Crippen molar-refractivity contribution in [3.05, 3.63) is 89.5 Å². The minimum Gasteiger partial charge on any atom is -0.487 e. The van der Waals surface area contributed by atoms with Crippen molar-refractivity contribution in [1.82, 2.24) is 19.8 Å². The Morgan fingerprint density at radius 2 is 1.59 bits per heavy atom. The van der Waals surface area contributed by atoms with E-state index in [0.717, 1.165) is 77.7 Å². The molecule has 5 aromatic rings. The first-order chi connectivity index (χ1) is 21.4. The molecule has 4 aromatic carbocycles. The highest BCUT2D eigenvalue weighted by Gasteiger charge is 2.47. The van der Waals surface area contributed by atoms with Gasteiger partial charge in [-0.25, -0.2) is 9.97 Å². The largest absolute Gasteiger partial charge is 0.487 e. The van der Waals surface area contributed by atoms with Gasteiger partial charge in [-0.05, 0) is 62.3 Å². The summed E-state index contributed by atoms with van der Waals surface area (Å²) in [5, 5.41) is 2.16. The molecule has 0 unspecified atom stereocenters. The van der Waals surface area contributed by atoms with Crippen molar-refractivity contribution < 1.29 is 9.53 Å². The van der Waals surface area contributed by atoms with Gasteiger partial charge >= 0.3 is 0 Å². The van der Waals surface area contributed by atoms with Crippen LogP contribution in [0.5, 0.6) is 5.75 Å². The van der Waals surface area contributed by atoms with Crippen molar-refractivity contribution in [2.24, 2.45) is 11.8 Å². The molecule has 0 spiro atoms. The Balaban J connectivity index is 1.16. The number of amides is 1. The van der Waals surface area contributed by atoms with Gasteiger partial charge in [-0.2, -0.15) is 0 Å². The fourth-order valence-electron chi connectivity index (χ4n) is 8.16. The Morgan fingerprint density at radius 3 is 2.39 bits per heavy atom. The van der Waals surface area contributed by atoms with Crippen molar-refractivity contribution in [3.8, 4) is 5.75 Å². The minimum absolute atomic E-state index is 0.0677. The first-order valence-electron chi connectivity index (χ1n) is 16.3. The summed E-state index contributed by atoms with van der Waals surface area (Å²) < 4.78 is 6.89. The Kier molecular flexibility index (Phi) is 6.60. The number of aromatic nitrogens is 2. The Morgan fingerprint density at radius 1 is 0.864 bits per heavy atom. The third-order valence-electron chi connectivity index (χ3n) is 10.5. The van der Waals surface area contributed by atoms with E-state index in [2.05, 4.69) is 80.3 Å². The van der Waals surface area contributed by atoms with Crippen LogP contribution in [-0.2, 0) is 6.54 Å². The lowest BCUT2D eigenvalue weighted by atomic mass is 9.64. The first kappa shape index (κ1) is 27.5. The second-order valence-corrected chi connectivity index (χ2v) is 13.8. The van der Waals surface area contributed by atoms with Crippen LogP contribution in [0, 0.1) is 11.8 Å². The SMILES string of the molecule is C[C@H]1CC[C@H]2[C@H](C1)c1c(c3ccccc3c3nc4cc(C(=O)N5CCN(Cc6ccccc6)CC5)ccc4nc13)OC2(C)C. The average molecular weight is 585 g/mol. The monoisotopic (exact) mass is 584 g/mol. The molecule has 44 heavy (non-hydrogen) atoms. The lowest BCUT2D eigenvalue weighted by molar-refractivity contribution is -0.0115. The van der Waals surface area contributed by atoms with E-state index in [1.54, 1.807) is 0 Å². The summed E-state index contributed by atoms with van der Waals surface area (Å²) in [6.07, 6.45) is 3.55. The van der Waals surface area contributed by atoms with E-state index in [1.807, 2.05) is 23.1 Å². The van der Waals surface area contributed by atoms with Gasteiger partial charge in [-0.3, -0.25) is 9.69 Å². The summed E-state index contributed by atoms with van der Waals surface area (Å²) in [4.78, 5) is 28.6. The smallest absolute Gasteiger partial charge is 0.254 e. The predicted molar refractivity (Wildman–Crippen MR) is 176 cm³/mol. The molecule has 1 saturated carbocycles. The second kappa shape index (κ2) is 10.6. The summed E-state index contributed by atoms with van der Waals surface area (Å²) in [7, 11) is 0. The van der Waals surface area contributed by atoms with E-state index in [0.29, 0.717) is 23.3 Å². The zero-order valence-electron chi connectivity index (χ0n) is 25.9. The molecule has 2 aliphatic heterocycles. The van der Waals surface area contributed by atoms with Gasteiger partial charge in [0.1, 0.15) is 11.4 Å². The first-order valence-corrected chi connectivity index (χ1v) is 16.3. The maximum Gasteiger partial charge on any atom is 0.254 e. The normalized spacial score (nSPS) is 23.3. The fraction of sp³-hybridized carbons (Fsp3) is 0.395. The van der Waals surface area contributed by atoms with Gasteiger partial charge in [-0.15, -0.1) is 0 Å². The average Bonchev–Trinajstić information content (AvgIpc) is 3.04. The minimum atomic E-state index is -0.235. The van der Waals surface area contributed by atoms with E-state index in [4.69, 9.17) is 14.7 Å². The number of nitrogens with zero attached hydrogens (tertiary/aromatic N) is 4. The molecule has 1 saturated heterocycles. The highest BCUT2D eigenvalue weighted by Crippen LogP contribution is 2.56. The number of hydrogen-bond acceptors (Lipinski definition) is 5. The maximum absolute atomic E-state index is 13.7. The summed E-state index contributed by atoms with van der Waals surface area (Å²) >= 11 is 0. The molecule has 224 valence electrons. The molecule has 3 aliphatic rings. The third-order valence-corrected chi connectivity index (χ3v) is 10.5. The maximum atomic E-state index is 13.7. The van der Waals surface area contributed by atoms with Crippen LogP contribution >= 0.6 is 0 Å². The van der Waals surface area contributed by atoms with E-state index < -0.39 is 0 Å². The number of benzene rings is 4. The topological polar surface area (TPSA) is 58.6 Å². The van der Waals surface area contributed by atoms with E-state index in [-0.39, 0.29) is 11.5 Å². The molecule has 0 bridgehead atoms. The Labute approximate surface area is 259 Å². The number of rotatable bonds is 3. The van der Waals surface area contributed by atoms with Crippen LogP contribution in [0.4, 0.5) is 0 Å². The number of carbonyl (C=O) groups is 1. The fourth-order valence-corrected chi connectivity index (χ4v) is 8.16. The van der Waals surface area contributed by atoms with Crippen LogP contribution < -0.4 is 4.74 Å². The van der Waals surface area contributed by atoms with E-state index in [9.17, 15) is 4.79 Å². The van der Waals surface area contributed by atoms with Gasteiger partial charge in [0, 0.05) is 60.5 Å². The molecule has 8 rings (SSSR count). The molecule has 6 nitrogen and oxygen atoms in total. The van der Waals surface area contributed by atoms with Crippen LogP contribution in [0.3, 0.4) is 0 Å². The van der Waals surface area contributed by atoms with Gasteiger partial charge in [0.2, 0.25) is 0 Å². The quantitative estimate of drug-likeness (QED) is 0.162. The molecule has 1 aromatic heterocycles. The number of hydrogen-bond donors (Lipinski definition) is 0. The summed E-state index contributed by atoms with van der Waals surface area (Å²) in [6.45, 7) is 11.0. The molecule has 3 atom stereocenters. The lowest BCUT2D eigenvalue weighted by Gasteiger charge is -2.49. The highest BCUT2D eigenvalue weighted by molar-refractivity contribution is 6.11. The van der Waals surface area contributed by atoms with E-state index >= 15 is 0 Å². The molecule has 0 radical (unpaired) electrons. The van der Waals surface area contributed by atoms with Gasteiger partial charge in [0.15, 0.2) is 0 Å². The zero-order chi connectivity index (χ0) is 30.0. The van der Waals surface area contributed by atoms with Crippen LogP contribution in [-0.4, -0.2) is 57.5 Å². The van der Waals surface area contributed by atoms with Crippen LogP contribution in [0.25, 0.3) is 32.8 Å². The lowest BCUT2D eigenvalue weighted by Crippen LogP contribution is -2.48. The van der Waals surface area contributed by atoms with Crippen molar-refractivity contribution in [2.45, 2.75) is 58.1 Å². The number of carbonyl (C=O) groups excluding carboxylic acids is 1. The Bertz CT molecular complexity index is 1890. The third kappa shape index (κ3) is 4.62. The van der Waals surface area contributed by atoms with Gasteiger partial charge in [0.25, 0.3) is 5.91 Å². The molecule has 2 fully saturated rings. The molecule has 0 N–H and O–H groups in total. The van der Waals surface area contributed by atoms with Gasteiger partial charge in [0.05, 0.1) is 22.1 Å². The Hall–Kier alpha value is -4.03. The van der Waals surface area contributed by atoms with Crippen molar-refractivity contribution in [1.29, 1.82) is 0 Å². The standard InChI is InChI=1S/C38H40N4O2/c1-24-13-15-30-29(21-24)33-35-34(27-11-7-8-12-28(27)36(33)44-38(30,2)3)40-32-22-26(14-16-31(32)39-35)37(43)42-19-17-41(18-20-42)23-25-9-5-4-6-10-25/h4-12,14,16,22,24,29-30H,13,15,17-21,23H2,1-3H3/t24-,29-,30-/m0/s1. The van der Waals surface area contributed by atoms with Crippen LogP contribution in [0.15, 0.2) is 72.8 Å². The van der Waals surface area contributed by atoms with Crippen molar-refractivity contribution >= 4 is 38.7 Å². The van der Waals surface area contributed by atoms with E-state index in [1.165, 1.54) is 24.0 Å².